The largest absolute Gasteiger partial charge is 0.378 e. The second-order valence-electron chi connectivity index (χ2n) is 4.54. The van der Waals surface area contributed by atoms with Crippen molar-refractivity contribution >= 4 is 22.4 Å². The van der Waals surface area contributed by atoms with E-state index in [-0.39, 0.29) is 5.91 Å². The van der Waals surface area contributed by atoms with Crippen molar-refractivity contribution in [3.05, 3.63) is 23.4 Å². The Morgan fingerprint density at radius 1 is 1.53 bits per heavy atom. The Balaban J connectivity index is 1.83. The summed E-state index contributed by atoms with van der Waals surface area (Å²) in [4.78, 5) is 14.5. The summed E-state index contributed by atoms with van der Waals surface area (Å²) in [7, 11) is 1.81. The SMILES string of the molecule is CNc1snc(C)c1C(=O)NCCN1CC=CCC1. The average Bonchev–Trinajstić information content (AvgIpc) is 2.81. The molecule has 6 heteroatoms. The predicted molar refractivity (Wildman–Crippen MR) is 78.9 cm³/mol. The summed E-state index contributed by atoms with van der Waals surface area (Å²) in [6.45, 7) is 5.48. The van der Waals surface area contributed by atoms with E-state index in [1.807, 2.05) is 14.0 Å². The van der Waals surface area contributed by atoms with Gasteiger partial charge in [0.2, 0.25) is 0 Å². The van der Waals surface area contributed by atoms with E-state index in [1.54, 1.807) is 0 Å². The van der Waals surface area contributed by atoms with Gasteiger partial charge in [0, 0.05) is 33.2 Å². The van der Waals surface area contributed by atoms with Crippen LogP contribution in [0.15, 0.2) is 12.2 Å². The minimum atomic E-state index is -0.0387. The van der Waals surface area contributed by atoms with Crippen molar-refractivity contribution < 1.29 is 4.79 Å². The predicted octanol–water partition coefficient (Wildman–Crippen LogP) is 1.48. The lowest BCUT2D eigenvalue weighted by Gasteiger charge is -2.22. The standard InChI is InChI=1S/C13H20N4OS/c1-10-11(13(14-2)19-16-10)12(18)15-6-9-17-7-4-3-5-8-17/h3-4,14H,5-9H2,1-2H3,(H,15,18). The molecule has 1 aliphatic rings. The highest BCUT2D eigenvalue weighted by Gasteiger charge is 2.17. The van der Waals surface area contributed by atoms with Gasteiger partial charge in [-0.3, -0.25) is 9.69 Å². The zero-order chi connectivity index (χ0) is 13.7. The van der Waals surface area contributed by atoms with Gasteiger partial charge in [-0.2, -0.15) is 4.37 Å². The average molecular weight is 280 g/mol. The number of hydrogen-bond acceptors (Lipinski definition) is 5. The van der Waals surface area contributed by atoms with Crippen LogP contribution in [0.25, 0.3) is 0 Å². The fourth-order valence-electron chi connectivity index (χ4n) is 2.12. The summed E-state index contributed by atoms with van der Waals surface area (Å²) in [6.07, 6.45) is 5.48. The van der Waals surface area contributed by atoms with Gasteiger partial charge in [-0.25, -0.2) is 0 Å². The van der Waals surface area contributed by atoms with Gasteiger partial charge in [0.05, 0.1) is 11.3 Å². The van der Waals surface area contributed by atoms with Gasteiger partial charge < -0.3 is 10.6 Å². The Morgan fingerprint density at radius 2 is 2.37 bits per heavy atom. The summed E-state index contributed by atoms with van der Waals surface area (Å²) in [5, 5.41) is 6.81. The number of rotatable bonds is 5. The molecule has 1 amide bonds. The molecule has 0 unspecified atom stereocenters. The Kier molecular flexibility index (Phi) is 4.93. The minimum Gasteiger partial charge on any atom is -0.378 e. The van der Waals surface area contributed by atoms with Crippen LogP contribution in [0.3, 0.4) is 0 Å². The summed E-state index contributed by atoms with van der Waals surface area (Å²) in [6, 6.07) is 0. The van der Waals surface area contributed by atoms with Crippen LogP contribution in [0.1, 0.15) is 22.5 Å². The zero-order valence-electron chi connectivity index (χ0n) is 11.4. The molecule has 0 saturated carbocycles. The molecule has 0 aliphatic carbocycles. The van der Waals surface area contributed by atoms with Gasteiger partial charge in [0.25, 0.3) is 5.91 Å². The van der Waals surface area contributed by atoms with Gasteiger partial charge >= 0.3 is 0 Å². The van der Waals surface area contributed by atoms with E-state index in [0.29, 0.717) is 12.1 Å². The van der Waals surface area contributed by atoms with Gasteiger partial charge in [0.1, 0.15) is 5.00 Å². The molecule has 0 spiro atoms. The third-order valence-electron chi connectivity index (χ3n) is 3.17. The van der Waals surface area contributed by atoms with Crippen molar-refractivity contribution in [2.24, 2.45) is 0 Å². The normalized spacial score (nSPS) is 15.5. The molecule has 1 aromatic rings. The third kappa shape index (κ3) is 3.54. The van der Waals surface area contributed by atoms with E-state index >= 15 is 0 Å². The number of aromatic nitrogens is 1. The van der Waals surface area contributed by atoms with E-state index in [2.05, 4.69) is 32.1 Å². The van der Waals surface area contributed by atoms with Crippen LogP contribution < -0.4 is 10.6 Å². The van der Waals surface area contributed by atoms with Gasteiger partial charge in [-0.05, 0) is 24.9 Å². The monoisotopic (exact) mass is 280 g/mol. The van der Waals surface area contributed by atoms with E-state index in [4.69, 9.17) is 0 Å². The van der Waals surface area contributed by atoms with Crippen LogP contribution in [-0.4, -0.2) is 48.4 Å². The van der Waals surface area contributed by atoms with Crippen molar-refractivity contribution in [2.75, 3.05) is 38.5 Å². The molecule has 0 aromatic carbocycles. The van der Waals surface area contributed by atoms with Crippen molar-refractivity contribution in [3.63, 3.8) is 0 Å². The number of anilines is 1. The maximum atomic E-state index is 12.1. The maximum Gasteiger partial charge on any atom is 0.256 e. The van der Waals surface area contributed by atoms with Crippen LogP contribution >= 0.6 is 11.5 Å². The zero-order valence-corrected chi connectivity index (χ0v) is 12.2. The number of carbonyl (C=O) groups is 1. The Morgan fingerprint density at radius 3 is 3.05 bits per heavy atom. The van der Waals surface area contributed by atoms with Crippen molar-refractivity contribution in [2.45, 2.75) is 13.3 Å². The Hall–Kier alpha value is -1.40. The molecule has 0 radical (unpaired) electrons. The smallest absolute Gasteiger partial charge is 0.256 e. The molecule has 19 heavy (non-hydrogen) atoms. The number of amides is 1. The van der Waals surface area contributed by atoms with Gasteiger partial charge in [0.15, 0.2) is 0 Å². The highest BCUT2D eigenvalue weighted by molar-refractivity contribution is 7.10. The summed E-state index contributed by atoms with van der Waals surface area (Å²) >= 11 is 1.32. The highest BCUT2D eigenvalue weighted by Crippen LogP contribution is 2.23. The first kappa shape index (κ1) is 14.0. The molecule has 2 N–H and O–H groups in total. The highest BCUT2D eigenvalue weighted by atomic mass is 32.1. The number of nitrogens with zero attached hydrogens (tertiary/aromatic N) is 2. The summed E-state index contributed by atoms with van der Waals surface area (Å²) in [5.74, 6) is -0.0387. The van der Waals surface area contributed by atoms with Crippen molar-refractivity contribution in [1.82, 2.24) is 14.6 Å². The lowest BCUT2D eigenvalue weighted by atomic mass is 10.2. The van der Waals surface area contributed by atoms with E-state index in [1.165, 1.54) is 11.5 Å². The molecule has 2 heterocycles. The first-order valence-electron chi connectivity index (χ1n) is 6.52. The molecule has 0 atom stereocenters. The molecule has 0 bridgehead atoms. The molecule has 5 nitrogen and oxygen atoms in total. The Labute approximate surface area is 117 Å². The molecule has 104 valence electrons. The third-order valence-corrected chi connectivity index (χ3v) is 4.13. The second-order valence-corrected chi connectivity index (χ2v) is 5.31. The topological polar surface area (TPSA) is 57.3 Å². The molecule has 1 aliphatic heterocycles. The van der Waals surface area contributed by atoms with Crippen LogP contribution in [0, 0.1) is 6.92 Å². The van der Waals surface area contributed by atoms with E-state index < -0.39 is 0 Å². The van der Waals surface area contributed by atoms with E-state index in [0.717, 1.165) is 36.8 Å². The number of carbonyl (C=O) groups excluding carboxylic acids is 1. The van der Waals surface area contributed by atoms with Crippen LogP contribution in [0.2, 0.25) is 0 Å². The first-order valence-corrected chi connectivity index (χ1v) is 7.29. The minimum absolute atomic E-state index is 0.0387. The maximum absolute atomic E-state index is 12.1. The van der Waals surface area contributed by atoms with Crippen LogP contribution in [0.4, 0.5) is 5.00 Å². The molecular weight excluding hydrogens is 260 g/mol. The van der Waals surface area contributed by atoms with Crippen molar-refractivity contribution in [1.29, 1.82) is 0 Å². The van der Waals surface area contributed by atoms with Gasteiger partial charge in [-0.15, -0.1) is 0 Å². The number of nitrogens with one attached hydrogen (secondary N) is 2. The molecule has 0 fully saturated rings. The second kappa shape index (κ2) is 6.68. The van der Waals surface area contributed by atoms with Crippen molar-refractivity contribution in [3.8, 4) is 0 Å². The fraction of sp³-hybridized carbons (Fsp3) is 0.538. The first-order chi connectivity index (χ1) is 9.22. The summed E-state index contributed by atoms with van der Waals surface area (Å²) < 4.78 is 4.21. The van der Waals surface area contributed by atoms with Gasteiger partial charge in [-0.1, -0.05) is 12.2 Å². The van der Waals surface area contributed by atoms with Crippen LogP contribution in [0.5, 0.6) is 0 Å². The molecule has 2 rings (SSSR count). The lowest BCUT2D eigenvalue weighted by Crippen LogP contribution is -2.36. The molecular formula is C13H20N4OS. The summed E-state index contributed by atoms with van der Waals surface area (Å²) in [5.41, 5.74) is 1.46. The fourth-order valence-corrected chi connectivity index (χ4v) is 2.86. The van der Waals surface area contributed by atoms with E-state index in [9.17, 15) is 4.79 Å². The Bertz CT molecular complexity index is 469. The number of hydrogen-bond donors (Lipinski definition) is 2. The number of aryl methyl sites for hydroxylation is 1. The molecule has 0 saturated heterocycles. The molecule has 1 aromatic heterocycles. The van der Waals surface area contributed by atoms with Crippen LogP contribution in [-0.2, 0) is 0 Å². The quantitative estimate of drug-likeness (QED) is 0.802. The lowest BCUT2D eigenvalue weighted by molar-refractivity contribution is 0.0949.